The first kappa shape index (κ1) is 11.5. The molecule has 0 spiro atoms. The molecule has 1 aromatic heterocycles. The third kappa shape index (κ3) is 1.98. The van der Waals surface area contributed by atoms with E-state index in [2.05, 4.69) is 4.98 Å². The predicted molar refractivity (Wildman–Crippen MR) is 67.1 cm³/mol. The molecule has 4 heteroatoms. The van der Waals surface area contributed by atoms with E-state index in [0.29, 0.717) is 0 Å². The van der Waals surface area contributed by atoms with Crippen LogP contribution < -0.4 is 10.5 Å². The normalized spacial score (nSPS) is 10.6. The maximum Gasteiger partial charge on any atom is 0.292 e. The summed E-state index contributed by atoms with van der Waals surface area (Å²) in [6, 6.07) is 4.25. The number of anilines is 1. The lowest BCUT2D eigenvalue weighted by Gasteiger charge is -2.10. The number of nitrogens with zero attached hydrogens (tertiary/aromatic N) is 1. The van der Waals surface area contributed by atoms with E-state index in [4.69, 9.17) is 14.9 Å². The van der Waals surface area contributed by atoms with Crippen LogP contribution >= 0.6 is 0 Å². The van der Waals surface area contributed by atoms with Crippen LogP contribution in [0.15, 0.2) is 16.5 Å². The van der Waals surface area contributed by atoms with Gasteiger partial charge in [0.2, 0.25) is 0 Å². The fourth-order valence-electron chi connectivity index (χ4n) is 2.09. The number of ether oxygens (including phenoxy) is 1. The Hall–Kier alpha value is -1.97. The summed E-state index contributed by atoms with van der Waals surface area (Å²) < 4.78 is 10.6. The summed E-state index contributed by atoms with van der Waals surface area (Å²) in [5.74, 6) is 1.63. The second kappa shape index (κ2) is 4.13. The number of hydrogen-bond donors (Lipinski definition) is 1. The highest BCUT2D eigenvalue weighted by atomic mass is 16.5. The molecule has 1 heterocycles. The van der Waals surface area contributed by atoms with Crippen LogP contribution in [0.3, 0.4) is 0 Å². The fourth-order valence-corrected chi connectivity index (χ4v) is 2.09. The summed E-state index contributed by atoms with van der Waals surface area (Å²) in [5.41, 5.74) is 9.48. The summed E-state index contributed by atoms with van der Waals surface area (Å²) in [7, 11) is 1.67. The standard InChI is InChI=1S/C13H16N2O2/c1-7-5-10(6-8(2)12(7)16-4)11-9(3)17-13(14)15-11/h5-6H,1-4H3,(H2,14,15). The molecule has 2 aromatic rings. The molecule has 1 aromatic carbocycles. The van der Waals surface area contributed by atoms with E-state index in [0.717, 1.165) is 33.9 Å². The highest BCUT2D eigenvalue weighted by molar-refractivity contribution is 5.66. The van der Waals surface area contributed by atoms with Gasteiger partial charge in [-0.05, 0) is 44.0 Å². The average Bonchev–Trinajstić information content (AvgIpc) is 2.57. The molecule has 0 unspecified atom stereocenters. The molecule has 90 valence electrons. The zero-order chi connectivity index (χ0) is 12.6. The van der Waals surface area contributed by atoms with Crippen LogP contribution in [0.5, 0.6) is 5.75 Å². The van der Waals surface area contributed by atoms with Crippen molar-refractivity contribution in [3.05, 3.63) is 29.0 Å². The second-order valence-electron chi connectivity index (χ2n) is 4.10. The summed E-state index contributed by atoms with van der Waals surface area (Å²) in [5, 5.41) is 0. The molecule has 0 aliphatic heterocycles. The van der Waals surface area contributed by atoms with Gasteiger partial charge in [-0.25, -0.2) is 0 Å². The van der Waals surface area contributed by atoms with Gasteiger partial charge >= 0.3 is 0 Å². The Morgan fingerprint density at radius 3 is 2.18 bits per heavy atom. The van der Waals surface area contributed by atoms with Gasteiger partial charge < -0.3 is 14.9 Å². The van der Waals surface area contributed by atoms with Crippen LogP contribution in [0, 0.1) is 20.8 Å². The zero-order valence-corrected chi connectivity index (χ0v) is 10.5. The van der Waals surface area contributed by atoms with Gasteiger partial charge in [0, 0.05) is 5.56 Å². The number of aryl methyl sites for hydroxylation is 3. The van der Waals surface area contributed by atoms with Gasteiger partial charge in [0.05, 0.1) is 7.11 Å². The quantitative estimate of drug-likeness (QED) is 0.864. The maximum atomic E-state index is 5.55. The van der Waals surface area contributed by atoms with E-state index in [1.807, 2.05) is 32.9 Å². The molecule has 0 aliphatic carbocycles. The van der Waals surface area contributed by atoms with Crippen molar-refractivity contribution in [2.75, 3.05) is 12.8 Å². The number of hydrogen-bond acceptors (Lipinski definition) is 4. The van der Waals surface area contributed by atoms with Crippen LogP contribution in [0.1, 0.15) is 16.9 Å². The van der Waals surface area contributed by atoms with Crippen molar-refractivity contribution < 1.29 is 9.15 Å². The topological polar surface area (TPSA) is 61.3 Å². The number of aromatic nitrogens is 1. The van der Waals surface area contributed by atoms with Crippen molar-refractivity contribution >= 4 is 6.01 Å². The Morgan fingerprint density at radius 2 is 1.76 bits per heavy atom. The van der Waals surface area contributed by atoms with Crippen LogP contribution in [-0.4, -0.2) is 12.1 Å². The summed E-state index contributed by atoms with van der Waals surface area (Å²) in [4.78, 5) is 4.19. The number of nitrogens with two attached hydrogens (primary N) is 1. The van der Waals surface area contributed by atoms with E-state index in [1.54, 1.807) is 7.11 Å². The Balaban J connectivity index is 2.58. The maximum absolute atomic E-state index is 5.55. The average molecular weight is 232 g/mol. The molecule has 0 amide bonds. The molecule has 2 N–H and O–H groups in total. The highest BCUT2D eigenvalue weighted by Crippen LogP contribution is 2.31. The van der Waals surface area contributed by atoms with E-state index in [9.17, 15) is 0 Å². The summed E-state index contributed by atoms with van der Waals surface area (Å²) in [6.45, 7) is 5.87. The van der Waals surface area contributed by atoms with Gasteiger partial charge in [-0.3, -0.25) is 0 Å². The van der Waals surface area contributed by atoms with E-state index < -0.39 is 0 Å². The first-order valence-corrected chi connectivity index (χ1v) is 5.41. The predicted octanol–water partition coefficient (Wildman–Crippen LogP) is 2.86. The Labute approximate surface area is 100 Å². The van der Waals surface area contributed by atoms with Crippen molar-refractivity contribution in [2.24, 2.45) is 0 Å². The number of methoxy groups -OCH3 is 1. The number of oxazole rings is 1. The van der Waals surface area contributed by atoms with Crippen LogP contribution in [0.2, 0.25) is 0 Å². The van der Waals surface area contributed by atoms with Gasteiger partial charge in [0.1, 0.15) is 17.2 Å². The number of rotatable bonds is 2. The monoisotopic (exact) mass is 232 g/mol. The van der Waals surface area contributed by atoms with Gasteiger partial charge in [-0.2, -0.15) is 4.98 Å². The molecule has 0 aliphatic rings. The van der Waals surface area contributed by atoms with Gasteiger partial charge in [-0.1, -0.05) is 0 Å². The largest absolute Gasteiger partial charge is 0.496 e. The van der Waals surface area contributed by atoms with Crippen molar-refractivity contribution in [1.29, 1.82) is 0 Å². The number of nitrogen functional groups attached to an aromatic ring is 1. The molecule has 0 saturated carbocycles. The highest BCUT2D eigenvalue weighted by Gasteiger charge is 2.13. The minimum atomic E-state index is 0.198. The Bertz CT molecular complexity index is 536. The third-order valence-corrected chi connectivity index (χ3v) is 2.75. The molecule has 4 nitrogen and oxygen atoms in total. The van der Waals surface area contributed by atoms with Crippen molar-refractivity contribution in [2.45, 2.75) is 20.8 Å². The van der Waals surface area contributed by atoms with Gasteiger partial charge in [0.15, 0.2) is 0 Å². The molecule has 17 heavy (non-hydrogen) atoms. The van der Waals surface area contributed by atoms with Crippen molar-refractivity contribution in [3.63, 3.8) is 0 Å². The molecule has 0 radical (unpaired) electrons. The lowest BCUT2D eigenvalue weighted by molar-refractivity contribution is 0.408. The number of benzene rings is 1. The van der Waals surface area contributed by atoms with E-state index in [1.165, 1.54) is 0 Å². The first-order valence-electron chi connectivity index (χ1n) is 5.41. The molecular formula is C13H16N2O2. The van der Waals surface area contributed by atoms with E-state index in [-0.39, 0.29) is 6.01 Å². The van der Waals surface area contributed by atoms with E-state index >= 15 is 0 Å². The fraction of sp³-hybridized carbons (Fsp3) is 0.308. The van der Waals surface area contributed by atoms with Crippen LogP contribution in [-0.2, 0) is 0 Å². The van der Waals surface area contributed by atoms with Crippen LogP contribution in [0.4, 0.5) is 6.01 Å². The first-order chi connectivity index (χ1) is 8.02. The third-order valence-electron chi connectivity index (χ3n) is 2.75. The Morgan fingerprint density at radius 1 is 1.18 bits per heavy atom. The summed E-state index contributed by atoms with van der Waals surface area (Å²) in [6.07, 6.45) is 0. The second-order valence-corrected chi connectivity index (χ2v) is 4.10. The SMILES string of the molecule is COc1c(C)cc(-c2nc(N)oc2C)cc1C. The molecule has 0 atom stereocenters. The lowest BCUT2D eigenvalue weighted by atomic mass is 10.0. The van der Waals surface area contributed by atoms with Gasteiger partial charge in [0.25, 0.3) is 6.01 Å². The molecular weight excluding hydrogens is 216 g/mol. The smallest absolute Gasteiger partial charge is 0.292 e. The van der Waals surface area contributed by atoms with Crippen molar-refractivity contribution in [1.82, 2.24) is 4.98 Å². The van der Waals surface area contributed by atoms with Gasteiger partial charge in [-0.15, -0.1) is 0 Å². The minimum absolute atomic E-state index is 0.198. The lowest BCUT2D eigenvalue weighted by Crippen LogP contribution is -1.93. The minimum Gasteiger partial charge on any atom is -0.496 e. The van der Waals surface area contributed by atoms with Crippen LogP contribution in [0.25, 0.3) is 11.3 Å². The van der Waals surface area contributed by atoms with Crippen molar-refractivity contribution in [3.8, 4) is 17.0 Å². The molecule has 0 bridgehead atoms. The Kier molecular flexibility index (Phi) is 2.79. The summed E-state index contributed by atoms with van der Waals surface area (Å²) >= 11 is 0. The molecule has 0 fully saturated rings. The molecule has 2 rings (SSSR count). The molecule has 0 saturated heterocycles. The zero-order valence-electron chi connectivity index (χ0n) is 10.5.